The fraction of sp³-hybridized carbons (Fsp3) is 0.714. The molecule has 1 fully saturated rings. The molecule has 0 heterocycles. The highest BCUT2D eigenvalue weighted by molar-refractivity contribution is 5.29. The first-order valence-corrected chi connectivity index (χ1v) is 6.19. The summed E-state index contributed by atoms with van der Waals surface area (Å²) in [7, 11) is 0. The van der Waals surface area contributed by atoms with E-state index < -0.39 is 0 Å². The quantitative estimate of drug-likeness (QED) is 0.506. The van der Waals surface area contributed by atoms with Crippen LogP contribution in [0.4, 0.5) is 0 Å². The molecule has 0 heteroatoms. The van der Waals surface area contributed by atoms with Crippen molar-refractivity contribution in [3.63, 3.8) is 0 Å². The predicted molar refractivity (Wildman–Crippen MR) is 64.5 cm³/mol. The van der Waals surface area contributed by atoms with Gasteiger partial charge in [-0.25, -0.2) is 0 Å². The van der Waals surface area contributed by atoms with Crippen molar-refractivity contribution < 1.29 is 0 Å². The van der Waals surface area contributed by atoms with Crippen LogP contribution < -0.4 is 0 Å². The van der Waals surface area contributed by atoms with Crippen LogP contribution in [0.5, 0.6) is 0 Å². The lowest BCUT2D eigenvalue weighted by Crippen LogP contribution is -1.94. The van der Waals surface area contributed by atoms with Crippen LogP contribution in [0.2, 0.25) is 0 Å². The van der Waals surface area contributed by atoms with E-state index in [1.807, 2.05) is 0 Å². The second-order valence-electron chi connectivity index (χ2n) is 4.25. The Hall–Kier alpha value is -0.520. The highest BCUT2D eigenvalue weighted by Crippen LogP contribution is 2.25. The van der Waals surface area contributed by atoms with Crippen molar-refractivity contribution in [2.24, 2.45) is 0 Å². The molecule has 0 N–H and O–H groups in total. The van der Waals surface area contributed by atoms with Gasteiger partial charge in [-0.1, -0.05) is 37.8 Å². The molecule has 1 aliphatic carbocycles. The molecule has 1 saturated carbocycles. The molecule has 0 aromatic carbocycles. The molecule has 0 aromatic rings. The molecule has 1 aliphatic rings. The van der Waals surface area contributed by atoms with E-state index in [1.165, 1.54) is 51.4 Å². The van der Waals surface area contributed by atoms with Gasteiger partial charge >= 0.3 is 0 Å². The van der Waals surface area contributed by atoms with E-state index in [0.717, 1.165) is 0 Å². The zero-order valence-corrected chi connectivity index (χ0v) is 9.81. The standard InChI is InChI=1S/C14H24/c1-3-13-11-9-7-5-6-8-10-12-14(13)4-2/h3-4H,5-12H2,1-2H3. The highest BCUT2D eigenvalue weighted by atomic mass is 14.1. The molecule has 0 atom stereocenters. The van der Waals surface area contributed by atoms with Gasteiger partial charge in [-0.3, -0.25) is 0 Å². The average molecular weight is 192 g/mol. The molecule has 0 bridgehead atoms. The van der Waals surface area contributed by atoms with Crippen molar-refractivity contribution in [3.8, 4) is 0 Å². The monoisotopic (exact) mass is 192 g/mol. The average Bonchev–Trinajstić information content (AvgIpc) is 2.24. The van der Waals surface area contributed by atoms with Gasteiger partial charge in [0.2, 0.25) is 0 Å². The maximum Gasteiger partial charge on any atom is -0.0280 e. The minimum Gasteiger partial charge on any atom is -0.0842 e. The molecular weight excluding hydrogens is 168 g/mol. The Labute approximate surface area is 89.1 Å². The summed E-state index contributed by atoms with van der Waals surface area (Å²) >= 11 is 0. The number of hydrogen-bond donors (Lipinski definition) is 0. The Kier molecular flexibility index (Phi) is 5.66. The van der Waals surface area contributed by atoms with Crippen LogP contribution in [0.1, 0.15) is 65.2 Å². The van der Waals surface area contributed by atoms with Crippen LogP contribution in [-0.4, -0.2) is 0 Å². The summed E-state index contributed by atoms with van der Waals surface area (Å²) in [6.07, 6.45) is 15.8. The predicted octanol–water partition coefficient (Wildman–Crippen LogP) is 5.01. The van der Waals surface area contributed by atoms with Crippen molar-refractivity contribution in [2.75, 3.05) is 0 Å². The highest BCUT2D eigenvalue weighted by Gasteiger charge is 2.05. The summed E-state index contributed by atoms with van der Waals surface area (Å²) in [4.78, 5) is 0. The third-order valence-electron chi connectivity index (χ3n) is 3.25. The van der Waals surface area contributed by atoms with Gasteiger partial charge in [0.15, 0.2) is 0 Å². The van der Waals surface area contributed by atoms with Crippen LogP contribution >= 0.6 is 0 Å². The van der Waals surface area contributed by atoms with E-state index >= 15 is 0 Å². The van der Waals surface area contributed by atoms with Crippen molar-refractivity contribution in [1.82, 2.24) is 0 Å². The van der Waals surface area contributed by atoms with Crippen LogP contribution in [-0.2, 0) is 0 Å². The first-order valence-electron chi connectivity index (χ1n) is 6.19. The van der Waals surface area contributed by atoms with Gasteiger partial charge in [-0.2, -0.15) is 0 Å². The molecule has 0 radical (unpaired) electrons. The summed E-state index contributed by atoms with van der Waals surface area (Å²) in [6.45, 7) is 4.37. The van der Waals surface area contributed by atoms with Crippen molar-refractivity contribution in [1.29, 1.82) is 0 Å². The van der Waals surface area contributed by atoms with Crippen LogP contribution in [0.15, 0.2) is 23.3 Å². The first-order chi connectivity index (χ1) is 6.88. The molecule has 80 valence electrons. The summed E-state index contributed by atoms with van der Waals surface area (Å²) in [5.74, 6) is 0. The minimum absolute atomic E-state index is 1.30. The third-order valence-corrected chi connectivity index (χ3v) is 3.25. The van der Waals surface area contributed by atoms with Crippen LogP contribution in [0.25, 0.3) is 0 Å². The topological polar surface area (TPSA) is 0 Å². The van der Waals surface area contributed by atoms with Gasteiger partial charge in [0, 0.05) is 0 Å². The fourth-order valence-electron chi connectivity index (χ4n) is 2.32. The zero-order chi connectivity index (χ0) is 10.2. The zero-order valence-electron chi connectivity index (χ0n) is 9.81. The van der Waals surface area contributed by atoms with Gasteiger partial charge in [0.25, 0.3) is 0 Å². The van der Waals surface area contributed by atoms with Gasteiger partial charge in [-0.15, -0.1) is 0 Å². The maximum absolute atomic E-state index is 2.32. The van der Waals surface area contributed by atoms with Crippen molar-refractivity contribution in [3.05, 3.63) is 23.3 Å². The normalized spacial score (nSPS) is 26.7. The van der Waals surface area contributed by atoms with E-state index in [0.29, 0.717) is 0 Å². The molecular formula is C14H24. The van der Waals surface area contributed by atoms with Crippen molar-refractivity contribution >= 4 is 0 Å². The van der Waals surface area contributed by atoms with Crippen molar-refractivity contribution in [2.45, 2.75) is 65.2 Å². The van der Waals surface area contributed by atoms with E-state index in [9.17, 15) is 0 Å². The summed E-state index contributed by atoms with van der Waals surface area (Å²) < 4.78 is 0. The number of hydrogen-bond acceptors (Lipinski definition) is 0. The smallest absolute Gasteiger partial charge is 0.0280 e. The molecule has 0 nitrogen and oxygen atoms in total. The molecule has 0 saturated heterocycles. The van der Waals surface area contributed by atoms with Gasteiger partial charge in [-0.05, 0) is 50.7 Å². The summed E-state index contributed by atoms with van der Waals surface area (Å²) in [6, 6.07) is 0. The van der Waals surface area contributed by atoms with E-state index in [2.05, 4.69) is 26.0 Å². The largest absolute Gasteiger partial charge is 0.0842 e. The summed E-state index contributed by atoms with van der Waals surface area (Å²) in [5, 5.41) is 0. The second kappa shape index (κ2) is 6.86. The Bertz CT molecular complexity index is 184. The van der Waals surface area contributed by atoms with Crippen LogP contribution in [0, 0.1) is 0 Å². The fourth-order valence-corrected chi connectivity index (χ4v) is 2.32. The Balaban J connectivity index is 2.59. The first kappa shape index (κ1) is 11.6. The summed E-state index contributed by atoms with van der Waals surface area (Å²) in [5.41, 5.74) is 3.21. The molecule has 0 aromatic heterocycles. The SMILES string of the molecule is CC=C1CCCCCCCCC1=CC. The second-order valence-corrected chi connectivity index (χ2v) is 4.25. The lowest BCUT2D eigenvalue weighted by Gasteiger charge is -2.14. The lowest BCUT2D eigenvalue weighted by atomic mass is 9.92. The maximum atomic E-state index is 2.32. The Morgan fingerprint density at radius 3 is 1.36 bits per heavy atom. The third kappa shape index (κ3) is 3.69. The van der Waals surface area contributed by atoms with E-state index in [-0.39, 0.29) is 0 Å². The van der Waals surface area contributed by atoms with Gasteiger partial charge in [0.1, 0.15) is 0 Å². The molecule has 0 unspecified atom stereocenters. The molecule has 14 heavy (non-hydrogen) atoms. The van der Waals surface area contributed by atoms with Crippen LogP contribution in [0.3, 0.4) is 0 Å². The molecule has 0 spiro atoms. The van der Waals surface area contributed by atoms with E-state index in [4.69, 9.17) is 0 Å². The molecule has 0 amide bonds. The lowest BCUT2D eigenvalue weighted by molar-refractivity contribution is 0.578. The Morgan fingerprint density at radius 1 is 0.643 bits per heavy atom. The number of allylic oxidation sites excluding steroid dienone is 4. The minimum atomic E-state index is 1.30. The Morgan fingerprint density at radius 2 is 1.00 bits per heavy atom. The van der Waals surface area contributed by atoms with E-state index in [1.54, 1.807) is 11.1 Å². The molecule has 1 rings (SSSR count). The number of rotatable bonds is 0. The molecule has 0 aliphatic heterocycles. The van der Waals surface area contributed by atoms with Gasteiger partial charge in [0.05, 0.1) is 0 Å². The van der Waals surface area contributed by atoms with Gasteiger partial charge < -0.3 is 0 Å².